The molecular weight excluding hydrogens is 304 g/mol. The number of pyridine rings is 1. The fourth-order valence-corrected chi connectivity index (χ4v) is 2.54. The predicted octanol–water partition coefficient (Wildman–Crippen LogP) is 3.22. The quantitative estimate of drug-likeness (QED) is 0.860. The molecule has 4 heteroatoms. The zero-order valence-corrected chi connectivity index (χ0v) is 12.3. The lowest BCUT2D eigenvalue weighted by Crippen LogP contribution is -2.20. The van der Waals surface area contributed by atoms with E-state index in [1.807, 2.05) is 6.07 Å². The zero-order valence-electron chi connectivity index (χ0n) is 10.7. The third kappa shape index (κ3) is 3.96. The van der Waals surface area contributed by atoms with Crippen LogP contribution in [0.2, 0.25) is 0 Å². The summed E-state index contributed by atoms with van der Waals surface area (Å²) in [6.07, 6.45) is 4.77. The van der Waals surface area contributed by atoms with Gasteiger partial charge in [0.05, 0.1) is 4.47 Å². The van der Waals surface area contributed by atoms with Crippen molar-refractivity contribution in [1.29, 1.82) is 0 Å². The van der Waals surface area contributed by atoms with Crippen LogP contribution >= 0.6 is 15.9 Å². The van der Waals surface area contributed by atoms with Gasteiger partial charge in [0.1, 0.15) is 0 Å². The second kappa shape index (κ2) is 6.57. The Morgan fingerprint density at radius 3 is 2.63 bits per heavy atom. The van der Waals surface area contributed by atoms with E-state index in [-0.39, 0.29) is 5.56 Å². The molecule has 1 aromatic heterocycles. The molecule has 0 spiro atoms. The van der Waals surface area contributed by atoms with Crippen molar-refractivity contribution in [1.82, 2.24) is 4.57 Å². The van der Waals surface area contributed by atoms with Crippen LogP contribution in [-0.4, -0.2) is 4.57 Å². The van der Waals surface area contributed by atoms with Crippen LogP contribution in [0.5, 0.6) is 0 Å². The molecule has 0 aliphatic carbocycles. The van der Waals surface area contributed by atoms with Crippen molar-refractivity contribution in [3.05, 3.63) is 63.0 Å². The van der Waals surface area contributed by atoms with E-state index < -0.39 is 0 Å². The Kier molecular flexibility index (Phi) is 4.80. The molecule has 3 nitrogen and oxygen atoms in total. The number of nitrogen functional groups attached to an aromatic ring is 1. The van der Waals surface area contributed by atoms with Gasteiger partial charge in [0, 0.05) is 18.4 Å². The summed E-state index contributed by atoms with van der Waals surface area (Å²) in [5.41, 5.74) is 7.66. The fraction of sp³-hybridized carbons (Fsp3) is 0.267. The average Bonchev–Trinajstić information content (AvgIpc) is 2.41. The lowest BCUT2D eigenvalue weighted by atomic mass is 10.1. The van der Waals surface area contributed by atoms with Crippen molar-refractivity contribution in [3.8, 4) is 0 Å². The highest BCUT2D eigenvalue weighted by Gasteiger charge is 2.02. The van der Waals surface area contributed by atoms with Crippen molar-refractivity contribution in [2.45, 2.75) is 25.8 Å². The predicted molar refractivity (Wildman–Crippen MR) is 82.2 cm³/mol. The summed E-state index contributed by atoms with van der Waals surface area (Å²) in [6, 6.07) is 12.0. The van der Waals surface area contributed by atoms with Crippen LogP contribution in [-0.2, 0) is 13.0 Å². The molecule has 2 aromatic rings. The van der Waals surface area contributed by atoms with E-state index in [1.165, 1.54) is 5.56 Å². The first-order valence-electron chi connectivity index (χ1n) is 6.36. The molecule has 0 saturated heterocycles. The summed E-state index contributed by atoms with van der Waals surface area (Å²) in [5, 5.41) is 0. The second-order valence-corrected chi connectivity index (χ2v) is 5.42. The molecule has 0 saturated carbocycles. The van der Waals surface area contributed by atoms with Crippen molar-refractivity contribution in [2.75, 3.05) is 5.73 Å². The van der Waals surface area contributed by atoms with Gasteiger partial charge in [-0.2, -0.15) is 0 Å². The van der Waals surface area contributed by atoms with Crippen LogP contribution in [0.3, 0.4) is 0 Å². The molecule has 0 aliphatic heterocycles. The summed E-state index contributed by atoms with van der Waals surface area (Å²) in [6.45, 7) is 0.704. The number of nitrogens with two attached hydrogens (primary N) is 1. The van der Waals surface area contributed by atoms with E-state index in [4.69, 9.17) is 5.73 Å². The fourth-order valence-electron chi connectivity index (χ4n) is 2.04. The highest BCUT2D eigenvalue weighted by molar-refractivity contribution is 9.10. The van der Waals surface area contributed by atoms with Gasteiger partial charge in [0.25, 0.3) is 5.56 Å². The van der Waals surface area contributed by atoms with Crippen molar-refractivity contribution in [3.63, 3.8) is 0 Å². The molecule has 0 unspecified atom stereocenters. The number of nitrogens with zero attached hydrogens (tertiary/aromatic N) is 1. The van der Waals surface area contributed by atoms with Crippen molar-refractivity contribution < 1.29 is 0 Å². The Balaban J connectivity index is 1.88. The van der Waals surface area contributed by atoms with Crippen LogP contribution in [0, 0.1) is 0 Å². The number of benzene rings is 1. The Hall–Kier alpha value is -1.55. The molecular formula is C15H17BrN2O. The first-order chi connectivity index (χ1) is 9.16. The summed E-state index contributed by atoms with van der Waals surface area (Å²) in [4.78, 5) is 11.8. The lowest BCUT2D eigenvalue weighted by molar-refractivity contribution is 0.593. The summed E-state index contributed by atoms with van der Waals surface area (Å²) in [7, 11) is 0. The van der Waals surface area contributed by atoms with Gasteiger partial charge in [-0.15, -0.1) is 0 Å². The minimum Gasteiger partial charge on any atom is -0.398 e. The Morgan fingerprint density at radius 1 is 1.16 bits per heavy atom. The minimum atomic E-state index is -0.0195. The third-order valence-electron chi connectivity index (χ3n) is 3.02. The van der Waals surface area contributed by atoms with E-state index in [9.17, 15) is 4.79 Å². The summed E-state index contributed by atoms with van der Waals surface area (Å²) in [5.74, 6) is 0. The standard InChI is InChI=1S/C15H17BrN2O/c16-14-10-13(17)11-18(15(14)19)9-5-4-8-12-6-2-1-3-7-12/h1-3,6-7,10-11H,4-5,8-9,17H2. The maximum absolute atomic E-state index is 11.8. The van der Waals surface area contributed by atoms with Crippen LogP contribution in [0.1, 0.15) is 18.4 Å². The number of unbranched alkanes of at least 4 members (excludes halogenated alkanes) is 1. The molecule has 0 aliphatic rings. The van der Waals surface area contributed by atoms with Crippen LogP contribution in [0.4, 0.5) is 5.69 Å². The molecule has 0 radical (unpaired) electrons. The van der Waals surface area contributed by atoms with E-state index in [2.05, 4.69) is 40.2 Å². The second-order valence-electron chi connectivity index (χ2n) is 4.56. The number of aryl methyl sites for hydroxylation is 2. The van der Waals surface area contributed by atoms with Gasteiger partial charge in [-0.3, -0.25) is 4.79 Å². The Labute approximate surface area is 121 Å². The largest absolute Gasteiger partial charge is 0.398 e. The molecule has 0 bridgehead atoms. The first-order valence-corrected chi connectivity index (χ1v) is 7.15. The number of hydrogen-bond acceptors (Lipinski definition) is 2. The molecule has 1 heterocycles. The Bertz CT molecular complexity index is 593. The molecule has 19 heavy (non-hydrogen) atoms. The van der Waals surface area contributed by atoms with Crippen LogP contribution in [0.15, 0.2) is 51.9 Å². The summed E-state index contributed by atoms with van der Waals surface area (Å²) < 4.78 is 2.19. The first kappa shape index (κ1) is 13.9. The van der Waals surface area contributed by atoms with Gasteiger partial charge in [0.2, 0.25) is 0 Å². The molecule has 0 atom stereocenters. The molecule has 0 fully saturated rings. The van der Waals surface area contributed by atoms with E-state index in [0.29, 0.717) is 16.7 Å². The lowest BCUT2D eigenvalue weighted by Gasteiger charge is -2.07. The molecule has 0 amide bonds. The van der Waals surface area contributed by atoms with Crippen molar-refractivity contribution in [2.24, 2.45) is 0 Å². The molecule has 100 valence electrons. The maximum Gasteiger partial charge on any atom is 0.264 e. The number of anilines is 1. The minimum absolute atomic E-state index is 0.0195. The average molecular weight is 321 g/mol. The third-order valence-corrected chi connectivity index (χ3v) is 3.59. The van der Waals surface area contributed by atoms with Crippen LogP contribution < -0.4 is 11.3 Å². The number of rotatable bonds is 5. The molecule has 2 N–H and O–H groups in total. The van der Waals surface area contributed by atoms with Crippen molar-refractivity contribution >= 4 is 21.6 Å². The maximum atomic E-state index is 11.8. The van der Waals surface area contributed by atoms with E-state index in [1.54, 1.807) is 16.8 Å². The number of halogens is 1. The molecule has 1 aromatic carbocycles. The van der Waals surface area contributed by atoms with E-state index >= 15 is 0 Å². The van der Waals surface area contributed by atoms with Crippen LogP contribution in [0.25, 0.3) is 0 Å². The number of hydrogen-bond donors (Lipinski definition) is 1. The number of aromatic nitrogens is 1. The van der Waals surface area contributed by atoms with Gasteiger partial charge in [-0.25, -0.2) is 0 Å². The van der Waals surface area contributed by atoms with Gasteiger partial charge < -0.3 is 10.3 Å². The van der Waals surface area contributed by atoms with Gasteiger partial charge in [0.15, 0.2) is 0 Å². The van der Waals surface area contributed by atoms with Gasteiger partial charge in [-0.1, -0.05) is 30.3 Å². The smallest absolute Gasteiger partial charge is 0.264 e. The normalized spacial score (nSPS) is 10.6. The zero-order chi connectivity index (χ0) is 13.7. The topological polar surface area (TPSA) is 48.0 Å². The van der Waals surface area contributed by atoms with Gasteiger partial charge >= 0.3 is 0 Å². The summed E-state index contributed by atoms with van der Waals surface area (Å²) >= 11 is 3.23. The highest BCUT2D eigenvalue weighted by atomic mass is 79.9. The SMILES string of the molecule is Nc1cc(Br)c(=O)n(CCCCc2ccccc2)c1. The monoisotopic (exact) mass is 320 g/mol. The van der Waals surface area contributed by atoms with E-state index in [0.717, 1.165) is 19.3 Å². The molecule has 2 rings (SSSR count). The Morgan fingerprint density at radius 2 is 1.89 bits per heavy atom. The highest BCUT2D eigenvalue weighted by Crippen LogP contribution is 2.10. The van der Waals surface area contributed by atoms with Gasteiger partial charge in [-0.05, 0) is 46.8 Å².